The van der Waals surface area contributed by atoms with Gasteiger partial charge in [-0.25, -0.2) is 0 Å². The van der Waals surface area contributed by atoms with E-state index in [0.29, 0.717) is 5.56 Å². The summed E-state index contributed by atoms with van der Waals surface area (Å²) in [5.74, 6) is 1.23. The van der Waals surface area contributed by atoms with Gasteiger partial charge in [-0.1, -0.05) is 145 Å². The summed E-state index contributed by atoms with van der Waals surface area (Å²) in [6.07, 6.45) is -5.80. The molecule has 0 amide bonds. The van der Waals surface area contributed by atoms with Crippen LogP contribution in [0.3, 0.4) is 0 Å². The van der Waals surface area contributed by atoms with Gasteiger partial charge in [-0.15, -0.1) is 0 Å². The molecule has 1 aliphatic rings. The maximum atomic E-state index is 16.5. The molecule has 7 heteroatoms. The molecule has 0 unspecified atom stereocenters. The number of hydrogen-bond donors (Lipinski definition) is 0. The molecule has 5 aromatic rings. The highest BCUT2D eigenvalue weighted by atomic mass is 19.3. The summed E-state index contributed by atoms with van der Waals surface area (Å²) >= 11 is 0. The topological polar surface area (TPSA) is 46.2 Å². The number of halogens is 2. The zero-order valence-corrected chi connectivity index (χ0v) is 27.7. The van der Waals surface area contributed by atoms with Crippen LogP contribution in [0.4, 0.5) is 8.78 Å². The van der Waals surface area contributed by atoms with E-state index in [9.17, 15) is 0 Å². The van der Waals surface area contributed by atoms with Crippen LogP contribution >= 0.6 is 0 Å². The Kier molecular flexibility index (Phi) is 12.5. The Hall–Kier alpha value is -4.68. The molecule has 5 nitrogen and oxygen atoms in total. The fourth-order valence-electron chi connectivity index (χ4n) is 5.83. The van der Waals surface area contributed by atoms with Crippen molar-refractivity contribution < 1.29 is 32.5 Å². The lowest BCUT2D eigenvalue weighted by molar-refractivity contribution is -0.300. The molecule has 1 heterocycles. The van der Waals surface area contributed by atoms with Gasteiger partial charge in [-0.05, 0) is 40.3 Å². The van der Waals surface area contributed by atoms with Crippen LogP contribution in [0.15, 0.2) is 152 Å². The maximum absolute atomic E-state index is 16.5. The summed E-state index contributed by atoms with van der Waals surface area (Å²) in [5, 5.41) is 0. The molecule has 6 rings (SSSR count). The minimum Gasteiger partial charge on any atom is -0.374 e. The van der Waals surface area contributed by atoms with E-state index in [1.54, 1.807) is 24.3 Å². The van der Waals surface area contributed by atoms with E-state index in [4.69, 9.17) is 23.7 Å². The highest BCUT2D eigenvalue weighted by Gasteiger charge is 2.57. The zero-order valence-electron chi connectivity index (χ0n) is 27.7. The van der Waals surface area contributed by atoms with Crippen molar-refractivity contribution in [2.75, 3.05) is 6.61 Å². The van der Waals surface area contributed by atoms with Gasteiger partial charge >= 0.3 is 5.92 Å². The molecule has 1 aliphatic heterocycles. The van der Waals surface area contributed by atoms with E-state index in [0.717, 1.165) is 22.3 Å². The number of hydrogen-bond acceptors (Lipinski definition) is 5. The van der Waals surface area contributed by atoms with Crippen molar-refractivity contribution in [1.29, 1.82) is 0 Å². The Bertz CT molecular complexity index is 1760. The van der Waals surface area contributed by atoms with Crippen molar-refractivity contribution in [1.82, 2.24) is 0 Å². The van der Waals surface area contributed by atoms with Crippen molar-refractivity contribution >= 4 is 0 Å². The lowest BCUT2D eigenvalue weighted by Crippen LogP contribution is -2.65. The van der Waals surface area contributed by atoms with Gasteiger partial charge in [-0.2, -0.15) is 8.78 Å². The van der Waals surface area contributed by atoms with Crippen LogP contribution in [0.25, 0.3) is 0 Å². The molecule has 0 bridgehead atoms. The van der Waals surface area contributed by atoms with Gasteiger partial charge < -0.3 is 23.7 Å². The largest absolute Gasteiger partial charge is 0.374 e. The van der Waals surface area contributed by atoms with Crippen LogP contribution in [-0.4, -0.2) is 43.0 Å². The summed E-state index contributed by atoms with van der Waals surface area (Å²) in [6.45, 7) is 0.649. The van der Waals surface area contributed by atoms with Gasteiger partial charge in [0, 0.05) is 5.56 Å². The second kappa shape index (κ2) is 17.8. The van der Waals surface area contributed by atoms with Crippen LogP contribution in [-0.2, 0) is 50.1 Å². The van der Waals surface area contributed by atoms with Crippen molar-refractivity contribution in [2.24, 2.45) is 0 Å². The highest BCUT2D eigenvalue weighted by Crippen LogP contribution is 2.37. The van der Waals surface area contributed by atoms with Crippen molar-refractivity contribution in [3.8, 4) is 11.8 Å². The summed E-state index contributed by atoms with van der Waals surface area (Å²) in [7, 11) is 0. The molecule has 0 saturated carbocycles. The lowest BCUT2D eigenvalue weighted by atomic mass is 9.90. The van der Waals surface area contributed by atoms with Crippen molar-refractivity contribution in [3.63, 3.8) is 0 Å². The van der Waals surface area contributed by atoms with Crippen LogP contribution < -0.4 is 0 Å². The first-order valence-electron chi connectivity index (χ1n) is 16.7. The van der Waals surface area contributed by atoms with Crippen LogP contribution in [0.1, 0.15) is 27.8 Å². The first-order chi connectivity index (χ1) is 24.5. The Morgan fingerprint density at radius 3 is 1.38 bits per heavy atom. The molecular formula is C43H40F2O5. The normalized spacial score (nSPS) is 20.5. The van der Waals surface area contributed by atoms with E-state index < -0.39 is 36.4 Å². The number of benzene rings is 5. The molecule has 0 N–H and O–H groups in total. The lowest BCUT2D eigenvalue weighted by Gasteiger charge is -2.47. The van der Waals surface area contributed by atoms with Gasteiger partial charge in [0.1, 0.15) is 24.4 Å². The quantitative estimate of drug-likeness (QED) is 0.111. The second-order valence-corrected chi connectivity index (χ2v) is 12.1. The summed E-state index contributed by atoms with van der Waals surface area (Å²) in [6, 6.07) is 47.0. The summed E-state index contributed by atoms with van der Waals surface area (Å²) < 4.78 is 65.1. The second-order valence-electron chi connectivity index (χ2n) is 12.1. The summed E-state index contributed by atoms with van der Waals surface area (Å²) in [4.78, 5) is 0. The zero-order chi connectivity index (χ0) is 34.4. The number of alkyl halides is 2. The molecule has 0 aliphatic carbocycles. The molecule has 1 fully saturated rings. The third-order valence-corrected chi connectivity index (χ3v) is 8.39. The smallest absolute Gasteiger partial charge is 0.336 e. The minimum absolute atomic E-state index is 0.0242. The molecule has 50 heavy (non-hydrogen) atoms. The molecule has 5 aromatic carbocycles. The van der Waals surface area contributed by atoms with Gasteiger partial charge in [0.25, 0.3) is 0 Å². The number of rotatable bonds is 14. The summed E-state index contributed by atoms with van der Waals surface area (Å²) in [5.41, 5.74) is 4.03. The molecule has 0 radical (unpaired) electrons. The fourth-order valence-corrected chi connectivity index (χ4v) is 5.83. The standard InChI is InChI=1S/C43H40F2O5/c44-43(45,27-26-33-16-6-1-7-17-33)42-41(49-31-37-24-14-5-15-25-37)40(48-30-36-22-12-4-13-23-36)39(47-29-35-20-10-3-11-21-35)38(50-42)32-46-28-34-18-8-2-9-19-34/h1-25,38-42H,28-32H2/t38-,39-,40+,41-,42-/m1/s1. The minimum atomic E-state index is -3.63. The Morgan fingerprint density at radius 2 is 0.900 bits per heavy atom. The molecule has 256 valence electrons. The fraction of sp³-hybridized carbons (Fsp3) is 0.256. The van der Waals surface area contributed by atoms with Gasteiger partial charge in [-0.3, -0.25) is 0 Å². The maximum Gasteiger partial charge on any atom is 0.336 e. The number of ether oxygens (including phenoxy) is 5. The van der Waals surface area contributed by atoms with Crippen LogP contribution in [0.5, 0.6) is 0 Å². The van der Waals surface area contributed by atoms with Gasteiger partial charge in [0.05, 0.1) is 33.0 Å². The highest BCUT2D eigenvalue weighted by molar-refractivity contribution is 5.36. The van der Waals surface area contributed by atoms with Gasteiger partial charge in [0.2, 0.25) is 0 Å². The molecular weight excluding hydrogens is 634 g/mol. The van der Waals surface area contributed by atoms with Crippen molar-refractivity contribution in [2.45, 2.75) is 62.9 Å². The Labute approximate surface area is 292 Å². The van der Waals surface area contributed by atoms with E-state index in [1.807, 2.05) is 127 Å². The predicted octanol–water partition coefficient (Wildman–Crippen LogP) is 8.41. The molecule has 5 atom stereocenters. The Balaban J connectivity index is 1.36. The van der Waals surface area contributed by atoms with Crippen molar-refractivity contribution in [3.05, 3.63) is 179 Å². The molecule has 0 spiro atoms. The molecule has 1 saturated heterocycles. The third kappa shape index (κ3) is 9.95. The SMILES string of the molecule is FC(F)(C#Cc1ccccc1)[C@@H]1O[C@H](COCc2ccccc2)[C@@H](OCc2ccccc2)[C@H](OCc2ccccc2)[C@H]1OCc1ccccc1. The van der Waals surface area contributed by atoms with E-state index in [2.05, 4.69) is 11.8 Å². The average Bonchev–Trinajstić information content (AvgIpc) is 3.17. The van der Waals surface area contributed by atoms with E-state index in [1.165, 1.54) is 0 Å². The van der Waals surface area contributed by atoms with Crippen LogP contribution in [0.2, 0.25) is 0 Å². The van der Waals surface area contributed by atoms with E-state index >= 15 is 8.78 Å². The first kappa shape index (κ1) is 35.2. The first-order valence-corrected chi connectivity index (χ1v) is 16.7. The Morgan fingerprint density at radius 1 is 0.500 bits per heavy atom. The third-order valence-electron chi connectivity index (χ3n) is 8.39. The van der Waals surface area contributed by atoms with Gasteiger partial charge in [0.15, 0.2) is 6.10 Å². The van der Waals surface area contributed by atoms with Crippen LogP contribution in [0, 0.1) is 11.8 Å². The van der Waals surface area contributed by atoms with E-state index in [-0.39, 0.29) is 33.0 Å². The average molecular weight is 675 g/mol. The molecule has 0 aromatic heterocycles. The predicted molar refractivity (Wildman–Crippen MR) is 188 cm³/mol. The monoisotopic (exact) mass is 674 g/mol.